The Morgan fingerprint density at radius 2 is 1.93 bits per heavy atom. The van der Waals surface area contributed by atoms with E-state index in [9.17, 15) is 17.6 Å². The molecular weight excluding hydrogens is 356 g/mol. The molecule has 0 radical (unpaired) electrons. The Labute approximate surface area is 158 Å². The first kappa shape index (κ1) is 20.4. The highest BCUT2D eigenvalue weighted by Gasteiger charge is 2.50. The Hall–Kier alpha value is -1.36. The van der Waals surface area contributed by atoms with Gasteiger partial charge in [-0.05, 0) is 68.4 Å². The zero-order valence-electron chi connectivity index (χ0n) is 15.8. The summed E-state index contributed by atoms with van der Waals surface area (Å²) in [5.74, 6) is -5.93. The van der Waals surface area contributed by atoms with Crippen LogP contribution in [0.15, 0.2) is 24.8 Å². The van der Waals surface area contributed by atoms with Crippen LogP contribution >= 0.6 is 0 Å². The molecular formula is C22H28F4O. The second-order valence-electron chi connectivity index (χ2n) is 8.13. The van der Waals surface area contributed by atoms with Gasteiger partial charge in [0.05, 0.1) is 6.10 Å². The third-order valence-electron chi connectivity index (χ3n) is 6.27. The first-order chi connectivity index (χ1) is 12.8. The maximum Gasteiger partial charge on any atom is 0.253 e. The molecule has 0 spiro atoms. The number of aryl methyl sites for hydroxylation is 1. The van der Waals surface area contributed by atoms with Crippen molar-refractivity contribution in [3.8, 4) is 0 Å². The minimum Gasteiger partial charge on any atom is -0.377 e. The van der Waals surface area contributed by atoms with Crippen LogP contribution in [0.5, 0.6) is 0 Å². The van der Waals surface area contributed by atoms with E-state index < -0.39 is 41.9 Å². The fourth-order valence-electron chi connectivity index (χ4n) is 4.60. The summed E-state index contributed by atoms with van der Waals surface area (Å²) in [5.41, 5.74) is 0.267. The lowest BCUT2D eigenvalue weighted by molar-refractivity contribution is -0.162. The third kappa shape index (κ3) is 4.39. The van der Waals surface area contributed by atoms with E-state index in [2.05, 4.69) is 6.58 Å². The van der Waals surface area contributed by atoms with E-state index >= 15 is 0 Å². The summed E-state index contributed by atoms with van der Waals surface area (Å²) in [6, 6.07) is 2.92. The van der Waals surface area contributed by atoms with Crippen molar-refractivity contribution in [2.24, 2.45) is 11.8 Å². The molecule has 1 aromatic carbocycles. The molecule has 2 fully saturated rings. The number of allylic oxidation sites excluding steroid dienone is 1. The summed E-state index contributed by atoms with van der Waals surface area (Å²) < 4.78 is 63.7. The lowest BCUT2D eigenvalue weighted by Gasteiger charge is -2.42. The van der Waals surface area contributed by atoms with E-state index in [1.165, 1.54) is 19.1 Å². The van der Waals surface area contributed by atoms with Crippen LogP contribution in [0, 0.1) is 30.4 Å². The van der Waals surface area contributed by atoms with Crippen molar-refractivity contribution in [1.82, 2.24) is 0 Å². The summed E-state index contributed by atoms with van der Waals surface area (Å²) in [7, 11) is 0. The molecule has 150 valence electrons. The van der Waals surface area contributed by atoms with E-state index in [-0.39, 0.29) is 17.5 Å². The maximum atomic E-state index is 14.9. The van der Waals surface area contributed by atoms with Gasteiger partial charge in [-0.3, -0.25) is 0 Å². The Morgan fingerprint density at radius 1 is 1.15 bits per heavy atom. The van der Waals surface area contributed by atoms with E-state index in [4.69, 9.17) is 4.74 Å². The van der Waals surface area contributed by atoms with Crippen LogP contribution in [0.3, 0.4) is 0 Å². The number of hydrogen-bond donors (Lipinski definition) is 0. The zero-order valence-corrected chi connectivity index (χ0v) is 15.8. The predicted molar refractivity (Wildman–Crippen MR) is 98.0 cm³/mol. The molecule has 1 heterocycles. The molecule has 1 saturated heterocycles. The quantitative estimate of drug-likeness (QED) is 0.413. The molecule has 1 aromatic rings. The maximum absolute atomic E-state index is 14.9. The fraction of sp³-hybridized carbons (Fsp3) is 0.636. The number of halogens is 4. The van der Waals surface area contributed by atoms with Crippen LogP contribution < -0.4 is 0 Å². The Balaban J connectivity index is 1.65. The normalized spacial score (nSPS) is 30.9. The van der Waals surface area contributed by atoms with Gasteiger partial charge in [-0.25, -0.2) is 17.6 Å². The largest absolute Gasteiger partial charge is 0.377 e. The van der Waals surface area contributed by atoms with Gasteiger partial charge in [0, 0.05) is 18.9 Å². The molecule has 1 saturated carbocycles. The third-order valence-corrected chi connectivity index (χ3v) is 6.27. The summed E-state index contributed by atoms with van der Waals surface area (Å²) in [5, 5.41) is 0. The number of alkyl halides is 2. The summed E-state index contributed by atoms with van der Waals surface area (Å²) in [4.78, 5) is 0. The van der Waals surface area contributed by atoms with Crippen LogP contribution in [0.1, 0.15) is 62.0 Å². The van der Waals surface area contributed by atoms with Crippen molar-refractivity contribution in [1.29, 1.82) is 0 Å². The number of benzene rings is 1. The molecule has 1 aliphatic heterocycles. The minimum absolute atomic E-state index is 0.0743. The van der Waals surface area contributed by atoms with Crippen molar-refractivity contribution in [3.63, 3.8) is 0 Å². The van der Waals surface area contributed by atoms with Gasteiger partial charge in [0.15, 0.2) is 11.6 Å². The second kappa shape index (κ2) is 8.34. The first-order valence-corrected chi connectivity index (χ1v) is 9.88. The second-order valence-corrected chi connectivity index (χ2v) is 8.13. The van der Waals surface area contributed by atoms with Crippen LogP contribution in [0.2, 0.25) is 0 Å². The average molecular weight is 384 g/mol. The van der Waals surface area contributed by atoms with Gasteiger partial charge in [0.1, 0.15) is 0 Å². The molecule has 2 aliphatic rings. The zero-order chi connectivity index (χ0) is 19.6. The standard InChI is InChI=1S/C22H28F4O/c1-3-4-5-15-7-11-19(27-13-15)18-10-8-16(12-22(18,25)26)17-9-6-14(2)20(23)21(17)24/h3,6,9,15-16,18-19H,1,4-5,7-8,10-13H2,2H3. The van der Waals surface area contributed by atoms with E-state index in [0.29, 0.717) is 25.4 Å². The highest BCUT2D eigenvalue weighted by Crippen LogP contribution is 2.49. The summed E-state index contributed by atoms with van der Waals surface area (Å²) >= 11 is 0. The van der Waals surface area contributed by atoms with E-state index in [1.54, 1.807) is 0 Å². The number of ether oxygens (including phenoxy) is 1. The topological polar surface area (TPSA) is 9.23 Å². The van der Waals surface area contributed by atoms with Gasteiger partial charge in [-0.15, -0.1) is 6.58 Å². The van der Waals surface area contributed by atoms with Gasteiger partial charge < -0.3 is 4.74 Å². The lowest BCUT2D eigenvalue weighted by Crippen LogP contribution is -2.45. The molecule has 3 rings (SSSR count). The smallest absolute Gasteiger partial charge is 0.253 e. The van der Waals surface area contributed by atoms with Gasteiger partial charge in [0.25, 0.3) is 5.92 Å². The molecule has 5 heteroatoms. The predicted octanol–water partition coefficient (Wildman–Crippen LogP) is 6.55. The molecule has 1 aliphatic carbocycles. The average Bonchev–Trinajstić information content (AvgIpc) is 2.64. The Bertz CT molecular complexity index is 665. The minimum atomic E-state index is -2.94. The SMILES string of the molecule is C=CCCC1CCC(C2CCC(c3ccc(C)c(F)c3F)CC2(F)F)OC1. The monoisotopic (exact) mass is 384 g/mol. The van der Waals surface area contributed by atoms with E-state index in [1.807, 2.05) is 6.08 Å². The van der Waals surface area contributed by atoms with Gasteiger partial charge >= 0.3 is 0 Å². The lowest BCUT2D eigenvalue weighted by atomic mass is 9.72. The summed E-state index contributed by atoms with van der Waals surface area (Å²) in [6.07, 6.45) is 5.11. The first-order valence-electron chi connectivity index (χ1n) is 9.88. The highest BCUT2D eigenvalue weighted by molar-refractivity contribution is 5.29. The molecule has 0 aromatic heterocycles. The van der Waals surface area contributed by atoms with Crippen molar-refractivity contribution in [2.45, 2.75) is 69.8 Å². The van der Waals surface area contributed by atoms with Gasteiger partial charge in [-0.2, -0.15) is 0 Å². The van der Waals surface area contributed by atoms with E-state index in [0.717, 1.165) is 19.3 Å². The van der Waals surface area contributed by atoms with Crippen LogP contribution in [-0.4, -0.2) is 18.6 Å². The van der Waals surface area contributed by atoms with Gasteiger partial charge in [-0.1, -0.05) is 18.2 Å². The molecule has 4 atom stereocenters. The molecule has 0 bridgehead atoms. The van der Waals surface area contributed by atoms with Crippen molar-refractivity contribution < 1.29 is 22.3 Å². The van der Waals surface area contributed by atoms with Crippen molar-refractivity contribution in [2.75, 3.05) is 6.61 Å². The molecule has 27 heavy (non-hydrogen) atoms. The highest BCUT2D eigenvalue weighted by atomic mass is 19.3. The molecule has 0 N–H and O–H groups in total. The molecule has 0 amide bonds. The van der Waals surface area contributed by atoms with Crippen molar-refractivity contribution >= 4 is 0 Å². The number of hydrogen-bond acceptors (Lipinski definition) is 1. The molecule has 4 unspecified atom stereocenters. The van der Waals surface area contributed by atoms with Gasteiger partial charge in [0.2, 0.25) is 0 Å². The van der Waals surface area contributed by atoms with Crippen LogP contribution in [0.4, 0.5) is 17.6 Å². The molecule has 1 nitrogen and oxygen atoms in total. The Kier molecular flexibility index (Phi) is 6.29. The van der Waals surface area contributed by atoms with Crippen molar-refractivity contribution in [3.05, 3.63) is 47.5 Å². The number of rotatable bonds is 5. The fourth-order valence-corrected chi connectivity index (χ4v) is 4.60. The van der Waals surface area contributed by atoms with Crippen LogP contribution in [0.25, 0.3) is 0 Å². The Morgan fingerprint density at radius 3 is 2.56 bits per heavy atom. The van der Waals surface area contributed by atoms with Crippen LogP contribution in [-0.2, 0) is 4.74 Å². The summed E-state index contributed by atoms with van der Waals surface area (Å²) in [6.45, 7) is 5.70.